The first-order valence-corrected chi connectivity index (χ1v) is 9.35. The van der Waals surface area contributed by atoms with Gasteiger partial charge in [-0.3, -0.25) is 4.99 Å². The number of guanidine groups is 1. The van der Waals surface area contributed by atoms with Crippen molar-refractivity contribution in [2.45, 2.75) is 38.2 Å². The molecule has 0 unspecified atom stereocenters. The molecule has 0 bridgehead atoms. The highest BCUT2D eigenvalue weighted by Crippen LogP contribution is 2.28. The molecule has 1 aliphatic heterocycles. The SMILES string of the molecule is CCNC(=NCCOCC)NC1CCN(S(=O)(=O)C(F)(F)F)CC1. The maximum atomic E-state index is 12.5. The van der Waals surface area contributed by atoms with Gasteiger partial charge in [0, 0.05) is 32.3 Å². The first-order valence-electron chi connectivity index (χ1n) is 7.91. The zero-order valence-electron chi connectivity index (χ0n) is 13.9. The lowest BCUT2D eigenvalue weighted by Crippen LogP contribution is -2.51. The van der Waals surface area contributed by atoms with E-state index in [0.717, 1.165) is 0 Å². The Bertz CT molecular complexity index is 503. The summed E-state index contributed by atoms with van der Waals surface area (Å²) in [5, 5.41) is 6.17. The van der Waals surface area contributed by atoms with Crippen molar-refractivity contribution in [1.82, 2.24) is 14.9 Å². The van der Waals surface area contributed by atoms with Gasteiger partial charge in [0.25, 0.3) is 0 Å². The third-order valence-electron chi connectivity index (χ3n) is 3.48. The molecule has 1 aliphatic rings. The molecule has 0 amide bonds. The van der Waals surface area contributed by atoms with Gasteiger partial charge in [-0.25, -0.2) is 8.42 Å². The molecule has 1 fully saturated rings. The summed E-state index contributed by atoms with van der Waals surface area (Å²) in [7, 11) is -5.24. The average Bonchev–Trinajstić information content (AvgIpc) is 2.51. The number of aliphatic imine (C=N–C) groups is 1. The summed E-state index contributed by atoms with van der Waals surface area (Å²) in [4.78, 5) is 4.31. The highest BCUT2D eigenvalue weighted by atomic mass is 32.2. The maximum Gasteiger partial charge on any atom is 0.511 e. The number of hydrogen-bond acceptors (Lipinski definition) is 4. The van der Waals surface area contributed by atoms with E-state index in [4.69, 9.17) is 4.74 Å². The van der Waals surface area contributed by atoms with Crippen molar-refractivity contribution in [2.75, 3.05) is 39.4 Å². The number of halogens is 3. The zero-order chi connectivity index (χ0) is 18.2. The summed E-state index contributed by atoms with van der Waals surface area (Å²) in [5.41, 5.74) is -5.25. The third kappa shape index (κ3) is 6.10. The van der Waals surface area contributed by atoms with Crippen LogP contribution in [-0.4, -0.2) is 69.6 Å². The van der Waals surface area contributed by atoms with Gasteiger partial charge >= 0.3 is 15.5 Å². The molecule has 0 atom stereocenters. The van der Waals surface area contributed by atoms with E-state index in [1.54, 1.807) is 0 Å². The quantitative estimate of drug-likeness (QED) is 0.393. The van der Waals surface area contributed by atoms with Gasteiger partial charge in [-0.2, -0.15) is 17.5 Å². The molecule has 0 aromatic heterocycles. The fraction of sp³-hybridized carbons (Fsp3) is 0.923. The van der Waals surface area contributed by atoms with Gasteiger partial charge in [0.15, 0.2) is 5.96 Å². The Labute approximate surface area is 140 Å². The molecular formula is C13H25F3N4O3S. The van der Waals surface area contributed by atoms with Crippen molar-refractivity contribution < 1.29 is 26.3 Å². The number of ether oxygens (including phenoxy) is 1. The summed E-state index contributed by atoms with van der Waals surface area (Å²) >= 11 is 0. The Kier molecular flexibility index (Phi) is 8.23. The van der Waals surface area contributed by atoms with Crippen LogP contribution in [0.2, 0.25) is 0 Å². The highest BCUT2D eigenvalue weighted by molar-refractivity contribution is 7.90. The molecule has 142 valence electrons. The summed E-state index contributed by atoms with van der Waals surface area (Å²) < 4.78 is 66.1. The van der Waals surface area contributed by atoms with Crippen LogP contribution < -0.4 is 10.6 Å². The van der Waals surface area contributed by atoms with E-state index >= 15 is 0 Å². The van der Waals surface area contributed by atoms with Gasteiger partial charge in [0.1, 0.15) is 0 Å². The van der Waals surface area contributed by atoms with Gasteiger partial charge in [0.2, 0.25) is 0 Å². The molecule has 1 heterocycles. The molecule has 0 saturated carbocycles. The van der Waals surface area contributed by atoms with Crippen LogP contribution in [-0.2, 0) is 14.8 Å². The monoisotopic (exact) mass is 374 g/mol. The Morgan fingerprint density at radius 1 is 1.29 bits per heavy atom. The summed E-state index contributed by atoms with van der Waals surface area (Å²) in [5.74, 6) is 0.550. The Morgan fingerprint density at radius 3 is 2.42 bits per heavy atom. The van der Waals surface area contributed by atoms with Crippen LogP contribution in [0.1, 0.15) is 26.7 Å². The van der Waals surface area contributed by atoms with Gasteiger partial charge in [0.05, 0.1) is 13.2 Å². The highest BCUT2D eigenvalue weighted by Gasteiger charge is 2.50. The van der Waals surface area contributed by atoms with E-state index in [2.05, 4.69) is 15.6 Å². The van der Waals surface area contributed by atoms with Crippen LogP contribution in [0.4, 0.5) is 13.2 Å². The van der Waals surface area contributed by atoms with E-state index in [0.29, 0.717) is 36.6 Å². The average molecular weight is 374 g/mol. The fourth-order valence-electron chi connectivity index (χ4n) is 2.27. The number of rotatable bonds is 7. The second-order valence-corrected chi connectivity index (χ2v) is 7.16. The van der Waals surface area contributed by atoms with E-state index < -0.39 is 15.5 Å². The largest absolute Gasteiger partial charge is 0.511 e. The minimum Gasteiger partial charge on any atom is -0.380 e. The molecule has 1 saturated heterocycles. The first-order chi connectivity index (χ1) is 11.2. The molecule has 0 spiro atoms. The summed E-state index contributed by atoms with van der Waals surface area (Å²) in [6.07, 6.45) is 0.566. The molecule has 24 heavy (non-hydrogen) atoms. The Hall–Kier alpha value is -1.07. The molecule has 0 aromatic rings. The second-order valence-electron chi connectivity index (χ2n) is 5.23. The number of alkyl halides is 3. The number of nitrogens with one attached hydrogen (secondary N) is 2. The smallest absolute Gasteiger partial charge is 0.380 e. The van der Waals surface area contributed by atoms with Crippen LogP contribution in [0.15, 0.2) is 4.99 Å². The van der Waals surface area contributed by atoms with Gasteiger partial charge in [-0.05, 0) is 26.7 Å². The fourth-order valence-corrected chi connectivity index (χ4v) is 3.25. The van der Waals surface area contributed by atoms with E-state index in [9.17, 15) is 21.6 Å². The van der Waals surface area contributed by atoms with Crippen LogP contribution >= 0.6 is 0 Å². The summed E-state index contributed by atoms with van der Waals surface area (Å²) in [6, 6.07) is -0.130. The topological polar surface area (TPSA) is 83.0 Å². The number of piperidine rings is 1. The van der Waals surface area contributed by atoms with Crippen molar-refractivity contribution in [2.24, 2.45) is 4.99 Å². The van der Waals surface area contributed by atoms with E-state index in [1.807, 2.05) is 13.8 Å². The first kappa shape index (κ1) is 21.0. The standard InChI is InChI=1S/C13H25F3N4O3S/c1-3-17-12(18-7-10-23-4-2)19-11-5-8-20(9-6-11)24(21,22)13(14,15)16/h11H,3-10H2,1-2H3,(H2,17,18,19). The predicted molar refractivity (Wildman–Crippen MR) is 85.2 cm³/mol. The third-order valence-corrected chi connectivity index (χ3v) is 5.11. The minimum atomic E-state index is -5.25. The molecule has 0 radical (unpaired) electrons. The van der Waals surface area contributed by atoms with Crippen LogP contribution in [0.5, 0.6) is 0 Å². The van der Waals surface area contributed by atoms with Crippen molar-refractivity contribution in [3.05, 3.63) is 0 Å². The second kappa shape index (κ2) is 9.42. The van der Waals surface area contributed by atoms with Crippen LogP contribution in [0.3, 0.4) is 0 Å². The van der Waals surface area contributed by atoms with Crippen molar-refractivity contribution >= 4 is 16.0 Å². The van der Waals surface area contributed by atoms with Crippen molar-refractivity contribution in [3.8, 4) is 0 Å². The molecular weight excluding hydrogens is 349 g/mol. The molecule has 0 aromatic carbocycles. The maximum absolute atomic E-state index is 12.5. The molecule has 7 nitrogen and oxygen atoms in total. The van der Waals surface area contributed by atoms with Gasteiger partial charge in [-0.15, -0.1) is 0 Å². The van der Waals surface area contributed by atoms with Gasteiger partial charge < -0.3 is 15.4 Å². The lowest BCUT2D eigenvalue weighted by atomic mass is 10.1. The summed E-state index contributed by atoms with van der Waals surface area (Å²) in [6.45, 7) is 5.64. The van der Waals surface area contributed by atoms with Crippen molar-refractivity contribution in [1.29, 1.82) is 0 Å². The van der Waals surface area contributed by atoms with Crippen molar-refractivity contribution in [3.63, 3.8) is 0 Å². The molecule has 1 rings (SSSR count). The minimum absolute atomic E-state index is 0.130. The molecule has 2 N–H and O–H groups in total. The van der Waals surface area contributed by atoms with E-state index in [-0.39, 0.29) is 32.0 Å². The van der Waals surface area contributed by atoms with Gasteiger partial charge in [-0.1, -0.05) is 0 Å². The lowest BCUT2D eigenvalue weighted by Gasteiger charge is -2.32. The number of hydrogen-bond donors (Lipinski definition) is 2. The number of sulfonamides is 1. The number of nitrogens with zero attached hydrogens (tertiary/aromatic N) is 2. The Morgan fingerprint density at radius 2 is 1.92 bits per heavy atom. The van der Waals surface area contributed by atoms with Crippen LogP contribution in [0.25, 0.3) is 0 Å². The predicted octanol–water partition coefficient (Wildman–Crippen LogP) is 0.892. The zero-order valence-corrected chi connectivity index (χ0v) is 14.7. The lowest BCUT2D eigenvalue weighted by molar-refractivity contribution is -0.0494. The Balaban J connectivity index is 2.54. The van der Waals surface area contributed by atoms with E-state index in [1.165, 1.54) is 0 Å². The van der Waals surface area contributed by atoms with Crippen LogP contribution in [0, 0.1) is 0 Å². The molecule has 11 heteroatoms. The normalized spacial score (nSPS) is 18.6. The molecule has 0 aliphatic carbocycles.